The minimum atomic E-state index is -0.940. The Bertz CT molecular complexity index is 757. The van der Waals surface area contributed by atoms with E-state index in [-0.39, 0.29) is 19.1 Å². The topological polar surface area (TPSA) is 101 Å². The fraction of sp³-hybridized carbons (Fsp3) is 0.474. The average molecular weight is 390 g/mol. The molecule has 1 atom stereocenters. The Balaban J connectivity index is 2.09. The van der Waals surface area contributed by atoms with Crippen molar-refractivity contribution in [1.29, 1.82) is 0 Å². The number of benzene rings is 1. The van der Waals surface area contributed by atoms with Crippen LogP contribution in [0, 0.1) is 0 Å². The highest BCUT2D eigenvalue weighted by atomic mass is 16.6. The zero-order valence-corrected chi connectivity index (χ0v) is 16.8. The number of guanidine groups is 1. The first-order valence-corrected chi connectivity index (χ1v) is 8.84. The van der Waals surface area contributed by atoms with E-state index in [0.29, 0.717) is 0 Å². The van der Waals surface area contributed by atoms with Gasteiger partial charge < -0.3 is 9.47 Å². The Morgan fingerprint density at radius 2 is 1.93 bits per heavy atom. The van der Waals surface area contributed by atoms with E-state index in [1.165, 1.54) is 19.0 Å². The first-order chi connectivity index (χ1) is 13.1. The van der Waals surface area contributed by atoms with Gasteiger partial charge in [-0.15, -0.1) is 0 Å². The van der Waals surface area contributed by atoms with Crippen LogP contribution in [0.3, 0.4) is 0 Å². The van der Waals surface area contributed by atoms with E-state index >= 15 is 0 Å². The molecule has 0 saturated carbocycles. The second-order valence-corrected chi connectivity index (χ2v) is 7.29. The van der Waals surface area contributed by atoms with Crippen molar-refractivity contribution in [2.24, 2.45) is 4.99 Å². The van der Waals surface area contributed by atoms with Gasteiger partial charge in [-0.05, 0) is 26.3 Å². The third-order valence-electron chi connectivity index (χ3n) is 3.94. The number of carbonyl (C=O) groups is 3. The number of hydrogen-bond donors (Lipinski definition) is 1. The molecule has 0 spiro atoms. The van der Waals surface area contributed by atoms with Crippen molar-refractivity contribution < 1.29 is 23.9 Å². The Morgan fingerprint density at radius 1 is 1.29 bits per heavy atom. The Hall–Kier alpha value is -3.10. The summed E-state index contributed by atoms with van der Waals surface area (Å²) in [5.41, 5.74) is 0.121. The number of aliphatic imine (C=N–C) groups is 1. The van der Waals surface area contributed by atoms with Crippen LogP contribution in [0.25, 0.3) is 0 Å². The van der Waals surface area contributed by atoms with Gasteiger partial charge in [-0.1, -0.05) is 30.3 Å². The van der Waals surface area contributed by atoms with Crippen molar-refractivity contribution in [3.8, 4) is 0 Å². The molecule has 9 heteroatoms. The van der Waals surface area contributed by atoms with E-state index in [1.54, 1.807) is 20.8 Å². The molecule has 28 heavy (non-hydrogen) atoms. The maximum Gasteiger partial charge on any atom is 0.417 e. The van der Waals surface area contributed by atoms with Crippen LogP contribution >= 0.6 is 0 Å². The predicted molar refractivity (Wildman–Crippen MR) is 103 cm³/mol. The predicted octanol–water partition coefficient (Wildman–Crippen LogP) is 1.98. The lowest BCUT2D eigenvalue weighted by Gasteiger charge is -2.37. The van der Waals surface area contributed by atoms with Gasteiger partial charge in [-0.25, -0.2) is 14.5 Å². The number of hydrogen-bond acceptors (Lipinski definition) is 6. The van der Waals surface area contributed by atoms with Gasteiger partial charge in [0.2, 0.25) is 5.96 Å². The molecule has 0 bridgehead atoms. The smallest absolute Gasteiger partial charge is 0.417 e. The average Bonchev–Trinajstić information content (AvgIpc) is 2.64. The highest BCUT2D eigenvalue weighted by molar-refractivity contribution is 6.07. The monoisotopic (exact) mass is 390 g/mol. The standard InChI is InChI=1S/C19H26N4O5/c1-19(2,3)28-17(25)22(5)14-11-23(16(20-4)21-15(14)24)18(26)27-12-13-9-7-6-8-10-13/h6-10,14H,11-12H2,1-5H3,(H,20,21,24). The Labute approximate surface area is 164 Å². The Morgan fingerprint density at radius 3 is 2.50 bits per heavy atom. The van der Waals surface area contributed by atoms with Crippen molar-refractivity contribution in [3.63, 3.8) is 0 Å². The molecule has 1 unspecified atom stereocenters. The molecule has 1 aromatic carbocycles. The van der Waals surface area contributed by atoms with Gasteiger partial charge in [-0.2, -0.15) is 0 Å². The van der Waals surface area contributed by atoms with Crippen molar-refractivity contribution in [1.82, 2.24) is 15.1 Å². The fourth-order valence-corrected chi connectivity index (χ4v) is 2.50. The van der Waals surface area contributed by atoms with Gasteiger partial charge in [0.25, 0.3) is 5.91 Å². The van der Waals surface area contributed by atoms with Gasteiger partial charge in [-0.3, -0.25) is 20.0 Å². The molecule has 9 nitrogen and oxygen atoms in total. The van der Waals surface area contributed by atoms with Crippen molar-refractivity contribution >= 4 is 24.1 Å². The van der Waals surface area contributed by atoms with Gasteiger partial charge in [0.05, 0.1) is 6.54 Å². The molecule has 0 aliphatic carbocycles. The zero-order chi connectivity index (χ0) is 20.9. The number of likely N-dealkylation sites (N-methyl/N-ethyl adjacent to an activating group) is 1. The normalized spacial score (nSPS) is 18.5. The van der Waals surface area contributed by atoms with Gasteiger partial charge in [0, 0.05) is 14.1 Å². The van der Waals surface area contributed by atoms with Crippen LogP contribution in [0.15, 0.2) is 35.3 Å². The molecule has 1 saturated heterocycles. The lowest BCUT2D eigenvalue weighted by atomic mass is 10.2. The van der Waals surface area contributed by atoms with Crippen LogP contribution in [-0.2, 0) is 20.9 Å². The minimum Gasteiger partial charge on any atom is -0.444 e. The molecule has 1 fully saturated rings. The summed E-state index contributed by atoms with van der Waals surface area (Å²) in [6.07, 6.45) is -1.34. The highest BCUT2D eigenvalue weighted by Gasteiger charge is 2.39. The lowest BCUT2D eigenvalue weighted by molar-refractivity contribution is -0.126. The highest BCUT2D eigenvalue weighted by Crippen LogP contribution is 2.15. The number of ether oxygens (including phenoxy) is 2. The van der Waals surface area contributed by atoms with Crippen LogP contribution in [0.4, 0.5) is 9.59 Å². The van der Waals surface area contributed by atoms with Crippen LogP contribution in [0.1, 0.15) is 26.3 Å². The fourth-order valence-electron chi connectivity index (χ4n) is 2.50. The summed E-state index contributed by atoms with van der Waals surface area (Å²) in [6, 6.07) is 8.27. The van der Waals surface area contributed by atoms with Gasteiger partial charge in [0.15, 0.2) is 0 Å². The molecule has 3 amide bonds. The number of nitrogens with zero attached hydrogens (tertiary/aromatic N) is 3. The number of carbonyl (C=O) groups excluding carboxylic acids is 3. The van der Waals surface area contributed by atoms with E-state index in [4.69, 9.17) is 9.47 Å². The molecule has 1 N–H and O–H groups in total. The molecule has 1 aliphatic heterocycles. The van der Waals surface area contributed by atoms with Gasteiger partial charge >= 0.3 is 12.2 Å². The second-order valence-electron chi connectivity index (χ2n) is 7.29. The molecule has 2 rings (SSSR count). The van der Waals surface area contributed by atoms with Crippen molar-refractivity contribution in [2.75, 3.05) is 20.6 Å². The van der Waals surface area contributed by atoms with E-state index in [0.717, 1.165) is 10.5 Å². The minimum absolute atomic E-state index is 0.0666. The number of rotatable bonds is 3. The van der Waals surface area contributed by atoms with E-state index in [2.05, 4.69) is 10.3 Å². The molecular weight excluding hydrogens is 364 g/mol. The van der Waals surface area contributed by atoms with Crippen LogP contribution < -0.4 is 5.32 Å². The summed E-state index contributed by atoms with van der Waals surface area (Å²) < 4.78 is 10.6. The first kappa shape index (κ1) is 21.2. The maximum atomic E-state index is 12.6. The molecule has 0 radical (unpaired) electrons. The third kappa shape index (κ3) is 5.45. The van der Waals surface area contributed by atoms with E-state index in [1.807, 2.05) is 30.3 Å². The molecule has 1 heterocycles. The molecule has 0 aromatic heterocycles. The van der Waals surface area contributed by atoms with E-state index in [9.17, 15) is 14.4 Å². The second kappa shape index (κ2) is 8.73. The summed E-state index contributed by atoms with van der Waals surface area (Å²) >= 11 is 0. The lowest BCUT2D eigenvalue weighted by Crippen LogP contribution is -2.64. The summed E-state index contributed by atoms with van der Waals surface area (Å²) in [7, 11) is 2.89. The summed E-state index contributed by atoms with van der Waals surface area (Å²) in [5.74, 6) is -0.391. The van der Waals surface area contributed by atoms with Gasteiger partial charge in [0.1, 0.15) is 18.2 Å². The quantitative estimate of drug-likeness (QED) is 0.850. The zero-order valence-electron chi connectivity index (χ0n) is 16.8. The van der Waals surface area contributed by atoms with Crippen molar-refractivity contribution in [2.45, 2.75) is 39.0 Å². The van der Waals surface area contributed by atoms with Crippen LogP contribution in [-0.4, -0.2) is 66.1 Å². The van der Waals surface area contributed by atoms with E-state index < -0.39 is 29.7 Å². The molecule has 1 aliphatic rings. The summed E-state index contributed by atoms with van der Waals surface area (Å²) in [5, 5.41) is 2.53. The molecular formula is C19H26N4O5. The third-order valence-corrected chi connectivity index (χ3v) is 3.94. The SMILES string of the molecule is CN=C1NC(=O)C(N(C)C(=O)OC(C)(C)C)CN1C(=O)OCc1ccccc1. The van der Waals surface area contributed by atoms with Crippen LogP contribution in [0.2, 0.25) is 0 Å². The number of nitrogens with one attached hydrogen (secondary N) is 1. The largest absolute Gasteiger partial charge is 0.444 e. The first-order valence-electron chi connectivity index (χ1n) is 8.84. The van der Waals surface area contributed by atoms with Crippen LogP contribution in [0.5, 0.6) is 0 Å². The summed E-state index contributed by atoms with van der Waals surface area (Å²) in [6.45, 7) is 5.17. The van der Waals surface area contributed by atoms with Crippen molar-refractivity contribution in [3.05, 3.63) is 35.9 Å². The Kier molecular flexibility index (Phi) is 6.61. The summed E-state index contributed by atoms with van der Waals surface area (Å²) in [4.78, 5) is 43.5. The molecule has 152 valence electrons. The number of amides is 3. The maximum absolute atomic E-state index is 12.6. The molecule has 1 aromatic rings.